The Labute approximate surface area is 85.3 Å². The first kappa shape index (κ1) is 11.4. The highest BCUT2D eigenvalue weighted by Crippen LogP contribution is 2.24. The molecule has 0 aromatic carbocycles. The Hall–Kier alpha value is -0.640. The molecule has 3 heteroatoms. The van der Waals surface area contributed by atoms with Gasteiger partial charge in [-0.25, -0.2) is 0 Å². The van der Waals surface area contributed by atoms with Crippen molar-refractivity contribution in [1.29, 1.82) is 0 Å². The number of hydrogen-bond acceptors (Lipinski definition) is 3. The Morgan fingerprint density at radius 2 is 2.21 bits per heavy atom. The Morgan fingerprint density at radius 3 is 2.79 bits per heavy atom. The molecule has 1 fully saturated rings. The molecule has 0 amide bonds. The fraction of sp³-hybridized carbons (Fsp3) is 0.636. The molecule has 0 spiro atoms. The minimum absolute atomic E-state index is 0.0847. The number of ether oxygens (including phenoxy) is 3. The van der Waals surface area contributed by atoms with Crippen molar-refractivity contribution < 1.29 is 14.2 Å². The molecule has 2 unspecified atom stereocenters. The van der Waals surface area contributed by atoms with Gasteiger partial charge < -0.3 is 14.2 Å². The van der Waals surface area contributed by atoms with Gasteiger partial charge >= 0.3 is 0 Å². The summed E-state index contributed by atoms with van der Waals surface area (Å²) in [7, 11) is 0. The second-order valence-corrected chi connectivity index (χ2v) is 3.69. The lowest BCUT2D eigenvalue weighted by molar-refractivity contribution is -0.298. The second-order valence-electron chi connectivity index (χ2n) is 3.69. The summed E-state index contributed by atoms with van der Waals surface area (Å²) in [5.41, 5.74) is 0. The predicted octanol–water partition coefficient (Wildman–Crippen LogP) is 1.90. The van der Waals surface area contributed by atoms with Gasteiger partial charge in [-0.2, -0.15) is 0 Å². The standard InChI is InChI=1S/C11H18O3/c1-5-7-12-10-8-13-11(3,4)14-9(10)6-2/h5-6,9-10H,1-2,7-8H2,3-4H3. The van der Waals surface area contributed by atoms with E-state index in [9.17, 15) is 0 Å². The molecule has 0 aromatic rings. The van der Waals surface area contributed by atoms with E-state index in [0.717, 1.165) is 0 Å². The van der Waals surface area contributed by atoms with E-state index in [1.807, 2.05) is 13.8 Å². The Kier molecular flexibility index (Phi) is 3.86. The molecule has 0 bridgehead atoms. The molecule has 1 rings (SSSR count). The maximum Gasteiger partial charge on any atom is 0.163 e. The van der Waals surface area contributed by atoms with Crippen LogP contribution in [0.25, 0.3) is 0 Å². The average molecular weight is 198 g/mol. The van der Waals surface area contributed by atoms with Crippen LogP contribution in [0, 0.1) is 0 Å². The van der Waals surface area contributed by atoms with E-state index in [-0.39, 0.29) is 12.2 Å². The van der Waals surface area contributed by atoms with Crippen LogP contribution in [0.3, 0.4) is 0 Å². The van der Waals surface area contributed by atoms with Gasteiger partial charge in [0.1, 0.15) is 12.2 Å². The summed E-state index contributed by atoms with van der Waals surface area (Å²) in [6.07, 6.45) is 3.26. The van der Waals surface area contributed by atoms with Crippen molar-refractivity contribution in [2.75, 3.05) is 13.2 Å². The zero-order valence-corrected chi connectivity index (χ0v) is 8.86. The predicted molar refractivity (Wildman–Crippen MR) is 55.0 cm³/mol. The lowest BCUT2D eigenvalue weighted by atomic mass is 10.1. The molecule has 2 atom stereocenters. The van der Waals surface area contributed by atoms with E-state index in [1.54, 1.807) is 12.2 Å². The van der Waals surface area contributed by atoms with E-state index in [2.05, 4.69) is 13.2 Å². The largest absolute Gasteiger partial charge is 0.369 e. The third-order valence-corrected chi connectivity index (χ3v) is 2.04. The Morgan fingerprint density at radius 1 is 1.50 bits per heavy atom. The van der Waals surface area contributed by atoms with Crippen molar-refractivity contribution in [2.45, 2.75) is 31.8 Å². The first-order valence-corrected chi connectivity index (χ1v) is 4.76. The van der Waals surface area contributed by atoms with Crippen LogP contribution >= 0.6 is 0 Å². The summed E-state index contributed by atoms with van der Waals surface area (Å²) in [5.74, 6) is -0.549. The molecule has 1 aliphatic rings. The van der Waals surface area contributed by atoms with Crippen LogP contribution < -0.4 is 0 Å². The molecule has 80 valence electrons. The van der Waals surface area contributed by atoms with Crippen LogP contribution in [0.5, 0.6) is 0 Å². The Balaban J connectivity index is 2.52. The summed E-state index contributed by atoms with van der Waals surface area (Å²) in [6.45, 7) is 12.1. The average Bonchev–Trinajstić information content (AvgIpc) is 2.15. The molecular weight excluding hydrogens is 180 g/mol. The van der Waals surface area contributed by atoms with Gasteiger partial charge in [0.15, 0.2) is 5.79 Å². The fourth-order valence-electron chi connectivity index (χ4n) is 1.35. The molecule has 1 aliphatic heterocycles. The summed E-state index contributed by atoms with van der Waals surface area (Å²) in [4.78, 5) is 0. The maximum atomic E-state index is 5.63. The third-order valence-electron chi connectivity index (χ3n) is 2.04. The topological polar surface area (TPSA) is 27.7 Å². The highest BCUT2D eigenvalue weighted by atomic mass is 16.7. The van der Waals surface area contributed by atoms with Crippen molar-refractivity contribution in [2.24, 2.45) is 0 Å². The first-order chi connectivity index (χ1) is 6.59. The van der Waals surface area contributed by atoms with Crippen LogP contribution in [0.4, 0.5) is 0 Å². The van der Waals surface area contributed by atoms with Gasteiger partial charge in [0, 0.05) is 0 Å². The molecule has 1 saturated heterocycles. The summed E-state index contributed by atoms with van der Waals surface area (Å²) < 4.78 is 16.6. The number of hydrogen-bond donors (Lipinski definition) is 0. The normalized spacial score (nSPS) is 31.0. The van der Waals surface area contributed by atoms with Crippen LogP contribution in [0.1, 0.15) is 13.8 Å². The van der Waals surface area contributed by atoms with E-state index < -0.39 is 5.79 Å². The number of rotatable bonds is 4. The molecule has 14 heavy (non-hydrogen) atoms. The molecular formula is C11H18O3. The molecule has 0 N–H and O–H groups in total. The van der Waals surface area contributed by atoms with Gasteiger partial charge in [0.2, 0.25) is 0 Å². The molecule has 0 saturated carbocycles. The summed E-state index contributed by atoms with van der Waals surface area (Å²) in [5, 5.41) is 0. The molecule has 0 aromatic heterocycles. The van der Waals surface area contributed by atoms with Gasteiger partial charge in [-0.3, -0.25) is 0 Å². The second kappa shape index (κ2) is 4.73. The lowest BCUT2D eigenvalue weighted by Gasteiger charge is -2.39. The van der Waals surface area contributed by atoms with Gasteiger partial charge in [-0.05, 0) is 13.8 Å². The molecule has 0 aliphatic carbocycles. The zero-order chi connectivity index (χ0) is 10.6. The van der Waals surface area contributed by atoms with E-state index in [4.69, 9.17) is 14.2 Å². The van der Waals surface area contributed by atoms with Crippen LogP contribution in [0.2, 0.25) is 0 Å². The van der Waals surface area contributed by atoms with Crippen LogP contribution in [-0.2, 0) is 14.2 Å². The zero-order valence-electron chi connectivity index (χ0n) is 8.86. The fourth-order valence-corrected chi connectivity index (χ4v) is 1.35. The van der Waals surface area contributed by atoms with Crippen molar-refractivity contribution in [1.82, 2.24) is 0 Å². The summed E-state index contributed by atoms with van der Waals surface area (Å²) >= 11 is 0. The van der Waals surface area contributed by atoms with E-state index in [0.29, 0.717) is 13.2 Å². The minimum Gasteiger partial charge on any atom is -0.369 e. The Bertz CT molecular complexity index is 211. The van der Waals surface area contributed by atoms with Crippen molar-refractivity contribution in [3.63, 3.8) is 0 Å². The van der Waals surface area contributed by atoms with Gasteiger partial charge in [-0.15, -0.1) is 13.2 Å². The molecule has 3 nitrogen and oxygen atoms in total. The quantitative estimate of drug-likeness (QED) is 0.646. The van der Waals surface area contributed by atoms with Gasteiger partial charge in [0.25, 0.3) is 0 Å². The van der Waals surface area contributed by atoms with Crippen molar-refractivity contribution >= 4 is 0 Å². The highest BCUT2D eigenvalue weighted by Gasteiger charge is 2.35. The van der Waals surface area contributed by atoms with Crippen LogP contribution in [0.15, 0.2) is 25.3 Å². The smallest absolute Gasteiger partial charge is 0.163 e. The van der Waals surface area contributed by atoms with Crippen LogP contribution in [-0.4, -0.2) is 31.2 Å². The minimum atomic E-state index is -0.549. The third kappa shape index (κ3) is 2.94. The molecule has 1 heterocycles. The summed E-state index contributed by atoms with van der Waals surface area (Å²) in [6, 6.07) is 0. The molecule has 0 radical (unpaired) electrons. The maximum absolute atomic E-state index is 5.63. The van der Waals surface area contributed by atoms with Crippen molar-refractivity contribution in [3.8, 4) is 0 Å². The van der Waals surface area contributed by atoms with E-state index >= 15 is 0 Å². The van der Waals surface area contributed by atoms with Crippen molar-refractivity contribution in [3.05, 3.63) is 25.3 Å². The monoisotopic (exact) mass is 198 g/mol. The SMILES string of the molecule is C=CCOC1COC(C)(C)OC1C=C. The lowest BCUT2D eigenvalue weighted by Crippen LogP contribution is -2.48. The van der Waals surface area contributed by atoms with E-state index in [1.165, 1.54) is 0 Å². The first-order valence-electron chi connectivity index (χ1n) is 4.76. The highest BCUT2D eigenvalue weighted by molar-refractivity contribution is 4.91. The van der Waals surface area contributed by atoms with Gasteiger partial charge in [-0.1, -0.05) is 12.2 Å². The van der Waals surface area contributed by atoms with Gasteiger partial charge in [0.05, 0.1) is 13.2 Å².